The molecule has 3 aliphatic rings. The Morgan fingerprint density at radius 3 is 1.48 bits per heavy atom. The van der Waals surface area contributed by atoms with Gasteiger partial charge < -0.3 is 20.0 Å². The van der Waals surface area contributed by atoms with Gasteiger partial charge in [-0.15, -0.1) is 11.6 Å². The number of hydrogen-bond donors (Lipinski definition) is 3. The van der Waals surface area contributed by atoms with E-state index in [-0.39, 0.29) is 29.0 Å². The molecule has 12 heteroatoms. The van der Waals surface area contributed by atoms with E-state index < -0.39 is 0 Å². The molecule has 0 spiro atoms. The predicted molar refractivity (Wildman–Crippen MR) is 210 cm³/mol. The van der Waals surface area contributed by atoms with Gasteiger partial charge in [-0.05, 0) is 64.3 Å². The molecule has 0 radical (unpaired) electrons. The molecule has 9 rings (SSSR count). The van der Waals surface area contributed by atoms with E-state index in [1.165, 1.54) is 12.8 Å². The molecule has 278 valence electrons. The standard InChI is InChI=1S/C19H17N3O2.C16H9ClN2O2.C4H8O.C3H9N/c1-3-22(2)10-15-20-14-9-8-13-16(17(14)21-15)19(24)12-7-5-4-6-11(12)18(13)23;17-7-12-18-11-6-5-10-13(14(11)19-12)16(21)9-4-2-1-3-8(9)15(10)20;1-2-4-5-3-1;1-3-4-2/h4-9H,3,10H2,1-2H3,(H,20,21);1-6H,7H2,(H,18,19);1-4H2;4H,3H2,1-2H3. The highest BCUT2D eigenvalue weighted by Crippen LogP contribution is 2.33. The lowest BCUT2D eigenvalue weighted by Gasteiger charge is -2.17. The van der Waals surface area contributed by atoms with E-state index in [9.17, 15) is 19.2 Å². The second-order valence-corrected chi connectivity index (χ2v) is 13.3. The van der Waals surface area contributed by atoms with Crippen LogP contribution < -0.4 is 5.32 Å². The molecule has 3 N–H and O–H groups in total. The maximum absolute atomic E-state index is 12.9. The topological polar surface area (TPSA) is 150 Å². The molecule has 3 heterocycles. The van der Waals surface area contributed by atoms with Gasteiger partial charge in [-0.1, -0.05) is 62.4 Å². The number of hydrogen-bond acceptors (Lipinski definition) is 9. The number of halogens is 1. The number of nitrogens with zero attached hydrogens (tertiary/aromatic N) is 3. The smallest absolute Gasteiger partial charge is 0.196 e. The van der Waals surface area contributed by atoms with Crippen molar-refractivity contribution in [3.05, 3.63) is 129 Å². The number of ether oxygens (including phenoxy) is 1. The third-order valence-electron chi connectivity index (χ3n) is 9.45. The number of imidazole rings is 2. The number of nitrogens with one attached hydrogen (secondary N) is 3. The molecule has 0 saturated carbocycles. The first-order valence-electron chi connectivity index (χ1n) is 18.1. The van der Waals surface area contributed by atoms with Gasteiger partial charge in [0, 0.05) is 46.6 Å². The number of aromatic nitrogens is 4. The molecule has 1 saturated heterocycles. The highest BCUT2D eigenvalue weighted by molar-refractivity contribution is 6.32. The van der Waals surface area contributed by atoms with Gasteiger partial charge in [0.1, 0.15) is 22.7 Å². The fraction of sp³-hybridized carbons (Fsp3) is 0.286. The predicted octanol–water partition coefficient (Wildman–Crippen LogP) is 6.89. The Labute approximate surface area is 318 Å². The van der Waals surface area contributed by atoms with Crippen molar-refractivity contribution in [2.75, 3.05) is 40.4 Å². The van der Waals surface area contributed by atoms with Gasteiger partial charge in [0.05, 0.1) is 34.6 Å². The van der Waals surface area contributed by atoms with Crippen LogP contribution in [0.4, 0.5) is 0 Å². The average Bonchev–Trinajstić information content (AvgIpc) is 4.01. The van der Waals surface area contributed by atoms with Crippen molar-refractivity contribution in [3.63, 3.8) is 0 Å². The van der Waals surface area contributed by atoms with Gasteiger partial charge >= 0.3 is 0 Å². The second-order valence-electron chi connectivity index (χ2n) is 13.0. The summed E-state index contributed by atoms with van der Waals surface area (Å²) in [6, 6.07) is 20.8. The molecule has 0 atom stereocenters. The van der Waals surface area contributed by atoms with Crippen molar-refractivity contribution in [2.24, 2.45) is 0 Å². The molecule has 1 aliphatic heterocycles. The molecule has 1 fully saturated rings. The first-order valence-corrected chi connectivity index (χ1v) is 18.6. The third-order valence-corrected chi connectivity index (χ3v) is 9.70. The lowest BCUT2D eigenvalue weighted by atomic mass is 9.83. The number of fused-ring (bicyclic) bond motifs is 8. The Morgan fingerprint density at radius 2 is 1.09 bits per heavy atom. The number of aromatic amines is 2. The highest BCUT2D eigenvalue weighted by Gasteiger charge is 2.33. The first-order chi connectivity index (χ1) is 26.2. The number of alkyl halides is 1. The van der Waals surface area contributed by atoms with Crippen LogP contribution >= 0.6 is 11.6 Å². The SMILES string of the molecule is C1CCOC1.CCN(C)Cc1nc2c3c(ccc2[nH]1)C(=O)c1ccccc1C3=O.CCNC.O=C1c2ccccc2C(=O)c2c1ccc1[nH]c(CCl)nc21. The van der Waals surface area contributed by atoms with Crippen molar-refractivity contribution < 1.29 is 23.9 Å². The van der Waals surface area contributed by atoms with Crippen LogP contribution in [0, 0.1) is 0 Å². The van der Waals surface area contributed by atoms with Gasteiger partial charge in [0.2, 0.25) is 0 Å². The molecule has 2 aromatic heterocycles. The van der Waals surface area contributed by atoms with Crippen LogP contribution in [0.15, 0.2) is 72.8 Å². The quantitative estimate of drug-likeness (QED) is 0.160. The Kier molecular flexibility index (Phi) is 12.2. The molecule has 0 amide bonds. The maximum atomic E-state index is 12.9. The lowest BCUT2D eigenvalue weighted by molar-refractivity contribution is 0.0980. The Bertz CT molecular complexity index is 2350. The minimum atomic E-state index is -0.168. The summed E-state index contributed by atoms with van der Waals surface area (Å²) in [5.74, 6) is 1.05. The summed E-state index contributed by atoms with van der Waals surface area (Å²) in [4.78, 5) is 68.3. The minimum Gasteiger partial charge on any atom is -0.381 e. The summed E-state index contributed by atoms with van der Waals surface area (Å²) in [5, 5.41) is 2.93. The second kappa shape index (κ2) is 17.2. The minimum absolute atomic E-state index is 0.114. The van der Waals surface area contributed by atoms with Crippen LogP contribution in [0.3, 0.4) is 0 Å². The summed E-state index contributed by atoms with van der Waals surface area (Å²) in [6.45, 7) is 8.78. The Hall–Kier alpha value is -5.33. The Morgan fingerprint density at radius 1 is 0.667 bits per heavy atom. The highest BCUT2D eigenvalue weighted by atomic mass is 35.5. The number of ketones is 4. The number of carbonyl (C=O) groups excluding carboxylic acids is 4. The summed E-state index contributed by atoms with van der Waals surface area (Å²) in [5.41, 5.74) is 6.01. The fourth-order valence-corrected chi connectivity index (χ4v) is 6.55. The van der Waals surface area contributed by atoms with Crippen molar-refractivity contribution in [2.45, 2.75) is 39.1 Å². The number of H-pyrrole nitrogens is 2. The summed E-state index contributed by atoms with van der Waals surface area (Å²) < 4.78 is 4.94. The van der Waals surface area contributed by atoms with E-state index in [1.54, 1.807) is 66.7 Å². The normalized spacial score (nSPS) is 14.0. The molecular formula is C42H43ClN6O5. The van der Waals surface area contributed by atoms with Gasteiger partial charge in [-0.2, -0.15) is 0 Å². The summed E-state index contributed by atoms with van der Waals surface area (Å²) >= 11 is 5.78. The van der Waals surface area contributed by atoms with Gasteiger partial charge in [-0.25, -0.2) is 9.97 Å². The van der Waals surface area contributed by atoms with E-state index in [2.05, 4.69) is 44.0 Å². The molecule has 0 bridgehead atoms. The zero-order valence-corrected chi connectivity index (χ0v) is 31.6. The lowest BCUT2D eigenvalue weighted by Crippen LogP contribution is -2.21. The number of carbonyl (C=O) groups is 4. The molecule has 11 nitrogen and oxygen atoms in total. The zero-order valence-electron chi connectivity index (χ0n) is 30.8. The molecule has 54 heavy (non-hydrogen) atoms. The van der Waals surface area contributed by atoms with Crippen LogP contribution in [-0.2, 0) is 17.2 Å². The summed E-state index contributed by atoms with van der Waals surface area (Å²) in [6.07, 6.45) is 2.56. The van der Waals surface area contributed by atoms with Gasteiger partial charge in [0.25, 0.3) is 0 Å². The van der Waals surface area contributed by atoms with Gasteiger partial charge in [-0.3, -0.25) is 24.1 Å². The van der Waals surface area contributed by atoms with E-state index >= 15 is 0 Å². The van der Waals surface area contributed by atoms with Crippen LogP contribution in [0.25, 0.3) is 22.1 Å². The molecule has 6 aromatic rings. The fourth-order valence-electron chi connectivity index (χ4n) is 6.42. The molecule has 4 aromatic carbocycles. The van der Waals surface area contributed by atoms with Gasteiger partial charge in [0.15, 0.2) is 23.1 Å². The van der Waals surface area contributed by atoms with E-state index in [4.69, 9.17) is 16.3 Å². The number of benzene rings is 4. The average molecular weight is 747 g/mol. The van der Waals surface area contributed by atoms with Crippen LogP contribution in [0.5, 0.6) is 0 Å². The zero-order chi connectivity index (χ0) is 38.4. The van der Waals surface area contributed by atoms with E-state index in [1.807, 2.05) is 20.2 Å². The summed E-state index contributed by atoms with van der Waals surface area (Å²) in [7, 11) is 3.94. The molecule has 0 unspecified atom stereocenters. The van der Waals surface area contributed by atoms with Crippen molar-refractivity contribution >= 4 is 56.8 Å². The van der Waals surface area contributed by atoms with Crippen LogP contribution in [0.2, 0.25) is 0 Å². The molecule has 2 aliphatic carbocycles. The molecular weight excluding hydrogens is 704 g/mol. The number of rotatable bonds is 5. The monoisotopic (exact) mass is 746 g/mol. The Balaban J connectivity index is 0.000000151. The van der Waals surface area contributed by atoms with Crippen molar-refractivity contribution in [1.82, 2.24) is 30.2 Å². The van der Waals surface area contributed by atoms with Crippen molar-refractivity contribution in [1.29, 1.82) is 0 Å². The van der Waals surface area contributed by atoms with E-state index in [0.717, 1.165) is 37.6 Å². The third kappa shape index (κ3) is 7.67. The van der Waals surface area contributed by atoms with Crippen LogP contribution in [-0.4, -0.2) is 88.4 Å². The first kappa shape index (κ1) is 38.4. The largest absolute Gasteiger partial charge is 0.381 e. The maximum Gasteiger partial charge on any atom is 0.196 e. The van der Waals surface area contributed by atoms with Crippen LogP contribution in [0.1, 0.15) is 102 Å². The van der Waals surface area contributed by atoms with Crippen molar-refractivity contribution in [3.8, 4) is 0 Å². The van der Waals surface area contributed by atoms with E-state index in [0.29, 0.717) is 73.4 Å².